The lowest BCUT2D eigenvalue weighted by molar-refractivity contribution is 0.0955. The van der Waals surface area contributed by atoms with Crippen molar-refractivity contribution < 1.29 is 28.6 Å². The van der Waals surface area contributed by atoms with Crippen LogP contribution in [0.3, 0.4) is 0 Å². The lowest BCUT2D eigenvalue weighted by atomic mass is 9.81. The molecule has 9 nitrogen and oxygen atoms in total. The van der Waals surface area contributed by atoms with E-state index >= 15 is 4.39 Å². The zero-order valence-electron chi connectivity index (χ0n) is 21.2. The van der Waals surface area contributed by atoms with Crippen molar-refractivity contribution in [3.05, 3.63) is 71.7 Å². The molecular formula is C27H35FN4O5. The Morgan fingerprint density at radius 1 is 1.00 bits per heavy atom. The highest BCUT2D eigenvalue weighted by atomic mass is 19.1. The molecule has 2 aromatic carbocycles. The van der Waals surface area contributed by atoms with Crippen molar-refractivity contribution in [3.8, 4) is 11.1 Å². The first kappa shape index (κ1) is 28.3. The molecule has 200 valence electrons. The Labute approximate surface area is 216 Å². The van der Waals surface area contributed by atoms with Crippen molar-refractivity contribution >= 4 is 11.8 Å². The quantitative estimate of drug-likeness (QED) is 0.147. The van der Waals surface area contributed by atoms with Gasteiger partial charge in [-0.2, -0.15) is 0 Å². The number of hydrogen-bond acceptors (Lipinski definition) is 7. The standard InChI is InChI=1S/C27H35FN4O5/c1-27(2,21-8-9-22(23(28)18-21)20-6-4-3-5-7-20)24-19-25(37-32-24)31-26(29-10-14-35-16-12-33)30-11-15-36-17-13-34/h3-9,18-19,33-34H,10-17H2,1-2H3,(H2,29,30,31). The maximum absolute atomic E-state index is 15.0. The van der Waals surface area contributed by atoms with Crippen LogP contribution in [0, 0.1) is 5.82 Å². The predicted molar refractivity (Wildman–Crippen MR) is 140 cm³/mol. The van der Waals surface area contributed by atoms with Crippen LogP contribution in [0.25, 0.3) is 11.1 Å². The molecule has 1 aromatic heterocycles. The molecule has 3 rings (SSSR count). The van der Waals surface area contributed by atoms with Gasteiger partial charge < -0.3 is 29.5 Å². The lowest BCUT2D eigenvalue weighted by Crippen LogP contribution is -2.34. The minimum absolute atomic E-state index is 0.0447. The van der Waals surface area contributed by atoms with Crippen LogP contribution in [0.15, 0.2) is 64.1 Å². The molecule has 0 fully saturated rings. The molecule has 37 heavy (non-hydrogen) atoms. The highest BCUT2D eigenvalue weighted by Gasteiger charge is 2.28. The molecule has 0 saturated heterocycles. The third-order valence-electron chi connectivity index (χ3n) is 5.68. The van der Waals surface area contributed by atoms with Gasteiger partial charge in [0.25, 0.3) is 0 Å². The number of aromatic nitrogens is 1. The van der Waals surface area contributed by atoms with E-state index in [1.54, 1.807) is 12.1 Å². The second-order valence-electron chi connectivity index (χ2n) is 8.72. The number of nitrogens with zero attached hydrogens (tertiary/aromatic N) is 2. The van der Waals surface area contributed by atoms with Gasteiger partial charge in [0.2, 0.25) is 5.88 Å². The van der Waals surface area contributed by atoms with Crippen molar-refractivity contribution in [2.24, 2.45) is 4.99 Å². The van der Waals surface area contributed by atoms with Crippen LogP contribution in [0.1, 0.15) is 25.1 Å². The number of ether oxygens (including phenoxy) is 2. The molecule has 0 atom stereocenters. The molecule has 0 amide bonds. The van der Waals surface area contributed by atoms with E-state index in [0.717, 1.165) is 11.1 Å². The molecule has 10 heteroatoms. The fraction of sp³-hybridized carbons (Fsp3) is 0.407. The third-order valence-corrected chi connectivity index (χ3v) is 5.68. The van der Waals surface area contributed by atoms with Crippen LogP contribution < -0.4 is 10.6 Å². The first-order valence-electron chi connectivity index (χ1n) is 12.2. The predicted octanol–water partition coefficient (Wildman–Crippen LogP) is 3.18. The minimum atomic E-state index is -0.625. The van der Waals surface area contributed by atoms with E-state index < -0.39 is 5.41 Å². The van der Waals surface area contributed by atoms with Crippen LogP contribution >= 0.6 is 0 Å². The normalized spacial score (nSPS) is 12.1. The Bertz CT molecular complexity index is 1120. The third kappa shape index (κ3) is 8.36. The molecule has 0 aliphatic carbocycles. The molecule has 0 saturated carbocycles. The smallest absolute Gasteiger partial charge is 0.231 e. The Morgan fingerprint density at radius 2 is 1.73 bits per heavy atom. The Morgan fingerprint density at radius 3 is 2.43 bits per heavy atom. The molecule has 1 heterocycles. The Balaban J connectivity index is 1.70. The van der Waals surface area contributed by atoms with Gasteiger partial charge in [0, 0.05) is 23.6 Å². The van der Waals surface area contributed by atoms with Gasteiger partial charge in [-0.3, -0.25) is 10.3 Å². The lowest BCUT2D eigenvalue weighted by Gasteiger charge is -2.23. The van der Waals surface area contributed by atoms with Crippen molar-refractivity contribution in [1.82, 2.24) is 10.5 Å². The second kappa shape index (κ2) is 14.4. The van der Waals surface area contributed by atoms with Gasteiger partial charge in [0.15, 0.2) is 5.96 Å². The summed E-state index contributed by atoms with van der Waals surface area (Å²) < 4.78 is 31.1. The highest BCUT2D eigenvalue weighted by molar-refractivity contribution is 5.92. The number of aliphatic hydroxyl groups excluding tert-OH is 2. The molecule has 0 aliphatic heterocycles. The summed E-state index contributed by atoms with van der Waals surface area (Å²) >= 11 is 0. The van der Waals surface area contributed by atoms with Crippen molar-refractivity contribution in [2.75, 3.05) is 58.0 Å². The largest absolute Gasteiger partial charge is 0.394 e. The highest BCUT2D eigenvalue weighted by Crippen LogP contribution is 2.34. The van der Waals surface area contributed by atoms with Gasteiger partial charge in [0.1, 0.15) is 5.82 Å². The van der Waals surface area contributed by atoms with Gasteiger partial charge in [-0.05, 0) is 17.2 Å². The van der Waals surface area contributed by atoms with Crippen LogP contribution in [0.2, 0.25) is 0 Å². The van der Waals surface area contributed by atoms with E-state index in [4.69, 9.17) is 24.2 Å². The van der Waals surface area contributed by atoms with Crippen LogP contribution in [0.5, 0.6) is 0 Å². The zero-order chi connectivity index (χ0) is 26.5. The summed E-state index contributed by atoms with van der Waals surface area (Å²) in [5, 5.41) is 28.1. The summed E-state index contributed by atoms with van der Waals surface area (Å²) in [6.45, 7) is 5.83. The number of aliphatic hydroxyl groups is 2. The zero-order valence-corrected chi connectivity index (χ0v) is 21.2. The summed E-state index contributed by atoms with van der Waals surface area (Å²) in [7, 11) is 0. The molecule has 0 unspecified atom stereocenters. The number of anilines is 1. The maximum Gasteiger partial charge on any atom is 0.231 e. The summed E-state index contributed by atoms with van der Waals surface area (Å²) in [6, 6.07) is 16.4. The molecule has 0 aliphatic rings. The van der Waals surface area contributed by atoms with Crippen LogP contribution in [-0.2, 0) is 14.9 Å². The van der Waals surface area contributed by atoms with Crippen LogP contribution in [0.4, 0.5) is 10.3 Å². The fourth-order valence-corrected chi connectivity index (χ4v) is 3.59. The van der Waals surface area contributed by atoms with Gasteiger partial charge in [-0.1, -0.05) is 61.5 Å². The van der Waals surface area contributed by atoms with E-state index in [1.807, 2.05) is 50.2 Å². The first-order valence-corrected chi connectivity index (χ1v) is 12.2. The number of nitrogens with one attached hydrogen (secondary N) is 2. The SMILES string of the molecule is CC(C)(c1ccc(-c2ccccc2)c(F)c1)c1cc(NC(=NCCOCCO)NCCOCCO)on1. The van der Waals surface area contributed by atoms with Gasteiger partial charge >= 0.3 is 0 Å². The average molecular weight is 515 g/mol. The fourth-order valence-electron chi connectivity index (χ4n) is 3.59. The number of aliphatic imine (C=N–C) groups is 1. The molecule has 4 N–H and O–H groups in total. The number of rotatable bonds is 14. The van der Waals surface area contributed by atoms with Crippen molar-refractivity contribution in [3.63, 3.8) is 0 Å². The first-order chi connectivity index (χ1) is 18.0. The van der Waals surface area contributed by atoms with E-state index in [-0.39, 0.29) is 32.2 Å². The monoisotopic (exact) mass is 514 g/mol. The molecule has 3 aromatic rings. The molecular weight excluding hydrogens is 479 g/mol. The molecule has 0 spiro atoms. The average Bonchev–Trinajstić information content (AvgIpc) is 3.38. The number of hydrogen-bond donors (Lipinski definition) is 4. The Hall–Kier alpha value is -3.31. The summed E-state index contributed by atoms with van der Waals surface area (Å²) in [6.07, 6.45) is 0. The van der Waals surface area contributed by atoms with E-state index in [2.05, 4.69) is 20.8 Å². The minimum Gasteiger partial charge on any atom is -0.394 e. The number of benzene rings is 2. The number of guanidine groups is 1. The van der Waals surface area contributed by atoms with Gasteiger partial charge in [-0.25, -0.2) is 4.39 Å². The van der Waals surface area contributed by atoms with Crippen LogP contribution in [-0.4, -0.2) is 74.1 Å². The summed E-state index contributed by atoms with van der Waals surface area (Å²) in [5.41, 5.74) is 2.12. The Kier molecular flexibility index (Phi) is 11.0. The molecule has 0 radical (unpaired) electrons. The van der Waals surface area contributed by atoms with Gasteiger partial charge in [0.05, 0.1) is 51.9 Å². The van der Waals surface area contributed by atoms with E-state index in [9.17, 15) is 0 Å². The molecule has 0 bridgehead atoms. The van der Waals surface area contributed by atoms with E-state index in [0.29, 0.717) is 49.4 Å². The summed E-state index contributed by atoms with van der Waals surface area (Å²) in [5.74, 6) is 0.492. The van der Waals surface area contributed by atoms with Crippen molar-refractivity contribution in [2.45, 2.75) is 19.3 Å². The van der Waals surface area contributed by atoms with Crippen molar-refractivity contribution in [1.29, 1.82) is 0 Å². The number of halogens is 1. The van der Waals surface area contributed by atoms with E-state index in [1.165, 1.54) is 6.07 Å². The maximum atomic E-state index is 15.0. The van der Waals surface area contributed by atoms with Gasteiger partial charge in [-0.15, -0.1) is 0 Å². The topological polar surface area (TPSA) is 121 Å². The second-order valence-corrected chi connectivity index (χ2v) is 8.72. The summed E-state index contributed by atoms with van der Waals surface area (Å²) in [4.78, 5) is 4.43.